The van der Waals surface area contributed by atoms with Crippen molar-refractivity contribution >= 4 is 28.5 Å². The van der Waals surface area contributed by atoms with Gasteiger partial charge >= 0.3 is 0 Å². The lowest BCUT2D eigenvalue weighted by molar-refractivity contribution is 0.0950. The molecule has 1 N–H and O–H groups in total. The lowest BCUT2D eigenvalue weighted by Gasteiger charge is -2.10. The quantitative estimate of drug-likeness (QED) is 0.665. The number of pyridine rings is 1. The maximum atomic E-state index is 11.6. The molecule has 0 atom stereocenters. The summed E-state index contributed by atoms with van der Waals surface area (Å²) in [7, 11) is 3.94. The van der Waals surface area contributed by atoms with Gasteiger partial charge in [-0.3, -0.25) is 4.79 Å². The minimum Gasteiger partial charge on any atom is -0.351 e. The summed E-state index contributed by atoms with van der Waals surface area (Å²) in [5.41, 5.74) is 0.606. The van der Waals surface area contributed by atoms with Crippen LogP contribution in [0.4, 0.5) is 0 Å². The van der Waals surface area contributed by atoms with Crippen molar-refractivity contribution in [1.29, 1.82) is 0 Å². The molecule has 1 amide bonds. The molecular formula is C10H14IN3O. The van der Waals surface area contributed by atoms with Gasteiger partial charge < -0.3 is 10.2 Å². The second-order valence-corrected chi connectivity index (χ2v) is 4.53. The van der Waals surface area contributed by atoms with E-state index in [2.05, 4.69) is 32.9 Å². The van der Waals surface area contributed by atoms with Crippen LogP contribution in [0.25, 0.3) is 0 Å². The zero-order valence-electron chi connectivity index (χ0n) is 8.83. The molecule has 0 bridgehead atoms. The number of halogens is 1. The first-order chi connectivity index (χ1) is 7.09. The summed E-state index contributed by atoms with van der Waals surface area (Å²) in [6.07, 6.45) is 1.59. The van der Waals surface area contributed by atoms with Crippen LogP contribution < -0.4 is 5.32 Å². The smallest absolute Gasteiger partial charge is 0.252 e. The second kappa shape index (κ2) is 6.02. The third-order valence-corrected chi connectivity index (χ3v) is 2.47. The molecule has 0 unspecified atom stereocenters. The molecule has 4 nitrogen and oxygen atoms in total. The average Bonchev–Trinajstić information content (AvgIpc) is 2.18. The lowest BCUT2D eigenvalue weighted by Crippen LogP contribution is -2.31. The zero-order valence-corrected chi connectivity index (χ0v) is 11.0. The summed E-state index contributed by atoms with van der Waals surface area (Å²) in [6, 6.07) is 3.60. The number of carbonyl (C=O) groups is 1. The summed E-state index contributed by atoms with van der Waals surface area (Å²) in [4.78, 5) is 17.6. The highest BCUT2D eigenvalue weighted by atomic mass is 123. The van der Waals surface area contributed by atoms with E-state index in [0.717, 1.165) is 10.2 Å². The number of hydrogen-bond donors (Lipinski definition) is 1. The molecule has 0 aliphatic carbocycles. The van der Waals surface area contributed by atoms with Gasteiger partial charge in [0.2, 0.25) is 0 Å². The standard InChI is InChI=1S/C10H14IN3O/c1-14(2)6-5-12-10(15)8-3-4-9(11)13-7-8/h3-4,7H,5-6H2,1-2H3,(H,12,15)/i11-4. The number of nitrogens with zero attached hydrogens (tertiary/aromatic N) is 2. The monoisotopic (exact) mass is 315 g/mol. The Labute approximate surface area is 103 Å². The van der Waals surface area contributed by atoms with Gasteiger partial charge in [0.05, 0.1) is 5.56 Å². The molecule has 1 heterocycles. The van der Waals surface area contributed by atoms with Crippen LogP contribution in [-0.2, 0) is 0 Å². The largest absolute Gasteiger partial charge is 0.351 e. The van der Waals surface area contributed by atoms with Gasteiger partial charge in [-0.15, -0.1) is 0 Å². The highest BCUT2D eigenvalue weighted by molar-refractivity contribution is 14.1. The van der Waals surface area contributed by atoms with Crippen molar-refractivity contribution < 1.29 is 4.79 Å². The van der Waals surface area contributed by atoms with Gasteiger partial charge in [-0.1, -0.05) is 0 Å². The SMILES string of the molecule is CN(C)CCNC(=O)c1ccc([123I])nc1. The fourth-order valence-corrected chi connectivity index (χ4v) is 1.32. The maximum Gasteiger partial charge on any atom is 0.252 e. The van der Waals surface area contributed by atoms with Crippen molar-refractivity contribution in [2.45, 2.75) is 0 Å². The molecule has 0 aromatic carbocycles. The third-order valence-electron chi connectivity index (χ3n) is 1.83. The van der Waals surface area contributed by atoms with Gasteiger partial charge in [-0.05, 0) is 48.8 Å². The second-order valence-electron chi connectivity index (χ2n) is 3.43. The van der Waals surface area contributed by atoms with Crippen molar-refractivity contribution in [2.75, 3.05) is 27.2 Å². The van der Waals surface area contributed by atoms with E-state index in [9.17, 15) is 4.79 Å². The van der Waals surface area contributed by atoms with Crippen LogP contribution in [0.3, 0.4) is 0 Å². The number of rotatable bonds is 4. The van der Waals surface area contributed by atoms with Crippen LogP contribution in [0.1, 0.15) is 10.4 Å². The Morgan fingerprint density at radius 1 is 1.53 bits per heavy atom. The minimum atomic E-state index is -0.0687. The maximum absolute atomic E-state index is 11.6. The van der Waals surface area contributed by atoms with Crippen molar-refractivity contribution in [1.82, 2.24) is 15.2 Å². The van der Waals surface area contributed by atoms with E-state index in [1.807, 2.05) is 25.1 Å². The first-order valence-electron chi connectivity index (χ1n) is 4.64. The Morgan fingerprint density at radius 3 is 2.80 bits per heavy atom. The van der Waals surface area contributed by atoms with E-state index in [1.54, 1.807) is 12.3 Å². The third kappa shape index (κ3) is 4.57. The number of amides is 1. The molecule has 1 aromatic rings. The van der Waals surface area contributed by atoms with Crippen LogP contribution in [0, 0.1) is 3.70 Å². The van der Waals surface area contributed by atoms with Crippen LogP contribution in [0.15, 0.2) is 18.3 Å². The lowest BCUT2D eigenvalue weighted by atomic mass is 10.3. The minimum absolute atomic E-state index is 0.0687. The van der Waals surface area contributed by atoms with Gasteiger partial charge in [0.25, 0.3) is 5.91 Å². The number of aromatic nitrogens is 1. The number of nitrogens with one attached hydrogen (secondary N) is 1. The highest BCUT2D eigenvalue weighted by Crippen LogP contribution is 2.02. The van der Waals surface area contributed by atoms with E-state index >= 15 is 0 Å². The van der Waals surface area contributed by atoms with Crippen molar-refractivity contribution in [3.05, 3.63) is 27.6 Å². The van der Waals surface area contributed by atoms with E-state index in [-0.39, 0.29) is 5.91 Å². The summed E-state index contributed by atoms with van der Waals surface area (Å²) < 4.78 is 0.887. The van der Waals surface area contributed by atoms with Gasteiger partial charge in [0.1, 0.15) is 3.70 Å². The number of carbonyl (C=O) groups excluding carboxylic acids is 1. The fourth-order valence-electron chi connectivity index (χ4n) is 1.01. The van der Waals surface area contributed by atoms with Crippen molar-refractivity contribution in [2.24, 2.45) is 0 Å². The predicted molar refractivity (Wildman–Crippen MR) is 67.8 cm³/mol. The molecule has 5 heteroatoms. The molecule has 1 aromatic heterocycles. The molecule has 0 aliphatic heterocycles. The van der Waals surface area contributed by atoms with Crippen LogP contribution in [0.5, 0.6) is 0 Å². The molecule has 1 rings (SSSR count). The van der Waals surface area contributed by atoms with Crippen LogP contribution >= 0.6 is 22.6 Å². The highest BCUT2D eigenvalue weighted by Gasteiger charge is 2.04. The van der Waals surface area contributed by atoms with E-state index in [4.69, 9.17) is 0 Å². The van der Waals surface area contributed by atoms with Crippen LogP contribution in [0.2, 0.25) is 0 Å². The molecular weight excluding hydrogens is 301 g/mol. The van der Waals surface area contributed by atoms with Gasteiger partial charge in [-0.25, -0.2) is 4.98 Å². The Bertz CT molecular complexity index is 324. The van der Waals surface area contributed by atoms with Gasteiger partial charge in [0, 0.05) is 19.3 Å². The predicted octanol–water partition coefficient (Wildman–Crippen LogP) is 0.978. The van der Waals surface area contributed by atoms with Crippen molar-refractivity contribution in [3.8, 4) is 0 Å². The van der Waals surface area contributed by atoms with Crippen molar-refractivity contribution in [3.63, 3.8) is 0 Å². The Balaban J connectivity index is 2.43. The summed E-state index contributed by atoms with van der Waals surface area (Å²) in [6.45, 7) is 1.49. The van der Waals surface area contributed by atoms with Gasteiger partial charge in [-0.2, -0.15) is 0 Å². The van der Waals surface area contributed by atoms with Gasteiger partial charge in [0.15, 0.2) is 0 Å². The molecule has 0 aliphatic rings. The number of likely N-dealkylation sites (N-methyl/N-ethyl adjacent to an activating group) is 1. The van der Waals surface area contributed by atoms with E-state index < -0.39 is 0 Å². The fraction of sp³-hybridized carbons (Fsp3) is 0.400. The van der Waals surface area contributed by atoms with E-state index in [1.165, 1.54) is 0 Å². The topological polar surface area (TPSA) is 45.2 Å². The Hall–Kier alpha value is -0.690. The average molecular weight is 315 g/mol. The van der Waals surface area contributed by atoms with Crippen LogP contribution in [-0.4, -0.2) is 43.0 Å². The molecule has 0 saturated heterocycles. The normalized spacial score (nSPS) is 10.4. The molecule has 15 heavy (non-hydrogen) atoms. The molecule has 0 radical (unpaired) electrons. The first kappa shape index (κ1) is 12.4. The Morgan fingerprint density at radius 2 is 2.27 bits per heavy atom. The Kier molecular flexibility index (Phi) is 4.97. The zero-order chi connectivity index (χ0) is 11.3. The summed E-state index contributed by atoms with van der Waals surface area (Å²) in [5, 5.41) is 2.83. The summed E-state index contributed by atoms with van der Waals surface area (Å²) >= 11 is 2.11. The van der Waals surface area contributed by atoms with E-state index in [0.29, 0.717) is 12.1 Å². The first-order valence-corrected chi connectivity index (χ1v) is 5.72. The number of hydrogen-bond acceptors (Lipinski definition) is 3. The summed E-state index contributed by atoms with van der Waals surface area (Å²) in [5.74, 6) is -0.0687. The molecule has 0 fully saturated rings. The molecule has 0 spiro atoms. The molecule has 0 saturated carbocycles. The molecule has 82 valence electrons.